The summed E-state index contributed by atoms with van der Waals surface area (Å²) in [7, 11) is 2.10. The van der Waals surface area contributed by atoms with E-state index >= 15 is 0 Å². The maximum Gasteiger partial charge on any atom is 0.337 e. The van der Waals surface area contributed by atoms with Crippen LogP contribution in [-0.2, 0) is 0 Å². The molecule has 0 amide bonds. The van der Waals surface area contributed by atoms with E-state index < -0.39 is 5.97 Å². The van der Waals surface area contributed by atoms with Crippen LogP contribution in [0.15, 0.2) is 18.5 Å². The summed E-state index contributed by atoms with van der Waals surface area (Å²) in [6.07, 6.45) is 5.47. The molecule has 1 unspecified atom stereocenters. The van der Waals surface area contributed by atoms with Crippen molar-refractivity contribution in [1.82, 2.24) is 9.88 Å². The Morgan fingerprint density at radius 2 is 2.38 bits per heavy atom. The van der Waals surface area contributed by atoms with Crippen molar-refractivity contribution >= 4 is 5.97 Å². The molecule has 0 aliphatic carbocycles. The Bertz CT molecular complexity index is 392. The Morgan fingerprint density at radius 1 is 1.56 bits per heavy atom. The molecule has 16 heavy (non-hydrogen) atoms. The van der Waals surface area contributed by atoms with Gasteiger partial charge in [0.05, 0.1) is 5.56 Å². The van der Waals surface area contributed by atoms with Crippen molar-refractivity contribution in [3.63, 3.8) is 0 Å². The predicted molar refractivity (Wildman–Crippen MR) is 60.7 cm³/mol. The second kappa shape index (κ2) is 4.61. The molecular formula is C12H16N2O2. The summed E-state index contributed by atoms with van der Waals surface area (Å²) >= 11 is 0. The van der Waals surface area contributed by atoms with E-state index in [4.69, 9.17) is 5.11 Å². The Balaban J connectivity index is 2.19. The third-order valence-electron chi connectivity index (χ3n) is 3.10. The molecule has 1 aliphatic heterocycles. The van der Waals surface area contributed by atoms with Gasteiger partial charge < -0.3 is 10.0 Å². The first-order valence-corrected chi connectivity index (χ1v) is 5.53. The van der Waals surface area contributed by atoms with E-state index in [1.807, 2.05) is 0 Å². The van der Waals surface area contributed by atoms with Crippen LogP contribution in [-0.4, -0.2) is 41.1 Å². The number of hydrogen-bond donors (Lipinski definition) is 1. The first-order valence-electron chi connectivity index (χ1n) is 5.53. The van der Waals surface area contributed by atoms with Crippen molar-refractivity contribution in [2.75, 3.05) is 20.1 Å². The van der Waals surface area contributed by atoms with Crippen LogP contribution in [0.3, 0.4) is 0 Å². The molecule has 86 valence electrons. The van der Waals surface area contributed by atoms with Gasteiger partial charge in [-0.25, -0.2) is 4.79 Å². The molecule has 1 saturated heterocycles. The molecule has 4 heteroatoms. The van der Waals surface area contributed by atoms with Crippen molar-refractivity contribution in [3.05, 3.63) is 29.6 Å². The Kier molecular flexibility index (Phi) is 3.19. The zero-order valence-electron chi connectivity index (χ0n) is 9.39. The lowest BCUT2D eigenvalue weighted by Crippen LogP contribution is -2.30. The minimum Gasteiger partial charge on any atom is -0.478 e. The van der Waals surface area contributed by atoms with Crippen LogP contribution in [0, 0.1) is 0 Å². The first kappa shape index (κ1) is 11.1. The third kappa shape index (κ3) is 2.39. The number of piperidine rings is 1. The van der Waals surface area contributed by atoms with Gasteiger partial charge >= 0.3 is 5.97 Å². The molecule has 0 aromatic carbocycles. The second-order valence-electron chi connectivity index (χ2n) is 4.41. The predicted octanol–water partition coefficient (Wildman–Crippen LogP) is 1.59. The quantitative estimate of drug-likeness (QED) is 0.822. The van der Waals surface area contributed by atoms with Gasteiger partial charge in [-0.15, -0.1) is 0 Å². The molecule has 2 heterocycles. The molecular weight excluding hydrogens is 204 g/mol. The van der Waals surface area contributed by atoms with Crippen LogP contribution >= 0.6 is 0 Å². The highest BCUT2D eigenvalue weighted by Gasteiger charge is 2.19. The van der Waals surface area contributed by atoms with Gasteiger partial charge in [0, 0.05) is 18.9 Å². The van der Waals surface area contributed by atoms with Crippen molar-refractivity contribution in [1.29, 1.82) is 0 Å². The van der Waals surface area contributed by atoms with Crippen LogP contribution in [0.5, 0.6) is 0 Å². The maximum absolute atomic E-state index is 10.8. The van der Waals surface area contributed by atoms with Crippen molar-refractivity contribution < 1.29 is 9.90 Å². The average molecular weight is 220 g/mol. The molecule has 4 nitrogen and oxygen atoms in total. The van der Waals surface area contributed by atoms with Gasteiger partial charge in [-0.05, 0) is 44.0 Å². The van der Waals surface area contributed by atoms with Gasteiger partial charge in [0.15, 0.2) is 0 Å². The number of likely N-dealkylation sites (tertiary alicyclic amines) is 1. The highest BCUT2D eigenvalue weighted by Crippen LogP contribution is 2.25. The highest BCUT2D eigenvalue weighted by molar-refractivity contribution is 5.87. The lowest BCUT2D eigenvalue weighted by atomic mass is 9.91. The van der Waals surface area contributed by atoms with E-state index in [1.54, 1.807) is 12.3 Å². The molecule has 1 aromatic heterocycles. The zero-order valence-corrected chi connectivity index (χ0v) is 9.39. The monoisotopic (exact) mass is 220 g/mol. The normalized spacial score (nSPS) is 21.9. The SMILES string of the molecule is CN1CCCC(c2cncc(C(=O)O)c2)C1. The molecule has 0 radical (unpaired) electrons. The van der Waals surface area contributed by atoms with Gasteiger partial charge in [0.1, 0.15) is 0 Å². The number of rotatable bonds is 2. The number of pyridine rings is 1. The van der Waals surface area contributed by atoms with Crippen LogP contribution in [0.1, 0.15) is 34.7 Å². The van der Waals surface area contributed by atoms with Gasteiger partial charge in [-0.3, -0.25) is 4.98 Å². The fraction of sp³-hybridized carbons (Fsp3) is 0.500. The number of aromatic carboxylic acids is 1. The summed E-state index contributed by atoms with van der Waals surface area (Å²) in [6, 6.07) is 1.75. The van der Waals surface area contributed by atoms with Gasteiger partial charge in [0.25, 0.3) is 0 Å². The molecule has 0 saturated carbocycles. The Hall–Kier alpha value is -1.42. The maximum atomic E-state index is 10.8. The number of carboxylic acids is 1. The minimum absolute atomic E-state index is 0.283. The van der Waals surface area contributed by atoms with Crippen molar-refractivity contribution in [3.8, 4) is 0 Å². The van der Waals surface area contributed by atoms with Crippen molar-refractivity contribution in [2.45, 2.75) is 18.8 Å². The molecule has 0 spiro atoms. The number of hydrogen-bond acceptors (Lipinski definition) is 3. The van der Waals surface area contributed by atoms with E-state index in [9.17, 15) is 4.79 Å². The number of aromatic nitrogens is 1. The number of carboxylic acid groups (broad SMARTS) is 1. The Morgan fingerprint density at radius 3 is 3.06 bits per heavy atom. The lowest BCUT2D eigenvalue weighted by Gasteiger charge is -2.29. The average Bonchev–Trinajstić information content (AvgIpc) is 2.29. The van der Waals surface area contributed by atoms with E-state index in [0.29, 0.717) is 5.92 Å². The summed E-state index contributed by atoms with van der Waals surface area (Å²) in [6.45, 7) is 2.12. The van der Waals surface area contributed by atoms with Gasteiger partial charge in [-0.2, -0.15) is 0 Å². The van der Waals surface area contributed by atoms with E-state index in [2.05, 4.69) is 16.9 Å². The minimum atomic E-state index is -0.904. The fourth-order valence-electron chi connectivity index (χ4n) is 2.24. The molecule has 2 rings (SSSR count). The topological polar surface area (TPSA) is 53.4 Å². The third-order valence-corrected chi connectivity index (χ3v) is 3.10. The highest BCUT2D eigenvalue weighted by atomic mass is 16.4. The summed E-state index contributed by atoms with van der Waals surface area (Å²) < 4.78 is 0. The molecule has 1 N–H and O–H groups in total. The van der Waals surface area contributed by atoms with Gasteiger partial charge in [0.2, 0.25) is 0 Å². The van der Waals surface area contributed by atoms with Crippen LogP contribution in [0.4, 0.5) is 0 Å². The zero-order chi connectivity index (χ0) is 11.5. The lowest BCUT2D eigenvalue weighted by molar-refractivity contribution is 0.0696. The van der Waals surface area contributed by atoms with Crippen LogP contribution in [0.25, 0.3) is 0 Å². The summed E-state index contributed by atoms with van der Waals surface area (Å²) in [4.78, 5) is 17.1. The molecule has 1 aliphatic rings. The molecule has 0 bridgehead atoms. The number of likely N-dealkylation sites (N-methyl/N-ethyl adjacent to an activating group) is 1. The second-order valence-corrected chi connectivity index (χ2v) is 4.41. The van der Waals surface area contributed by atoms with Gasteiger partial charge in [-0.1, -0.05) is 0 Å². The first-order chi connectivity index (χ1) is 7.66. The fourth-order valence-corrected chi connectivity index (χ4v) is 2.24. The van der Waals surface area contributed by atoms with Crippen LogP contribution in [0.2, 0.25) is 0 Å². The standard InChI is InChI=1S/C12H16N2O2/c1-14-4-2-3-9(8-14)10-5-11(12(15)16)7-13-6-10/h5-7,9H,2-4,8H2,1H3,(H,15,16). The molecule has 1 aromatic rings. The summed E-state index contributed by atoms with van der Waals surface area (Å²) in [5.41, 5.74) is 1.33. The number of carbonyl (C=O) groups is 1. The summed E-state index contributed by atoms with van der Waals surface area (Å²) in [5.74, 6) is -0.482. The molecule has 1 fully saturated rings. The van der Waals surface area contributed by atoms with E-state index in [0.717, 1.165) is 25.1 Å². The Labute approximate surface area is 94.9 Å². The van der Waals surface area contributed by atoms with E-state index in [1.165, 1.54) is 12.6 Å². The molecule has 1 atom stereocenters. The van der Waals surface area contributed by atoms with Crippen molar-refractivity contribution in [2.24, 2.45) is 0 Å². The number of nitrogens with zero attached hydrogens (tertiary/aromatic N) is 2. The van der Waals surface area contributed by atoms with Crippen LogP contribution < -0.4 is 0 Å². The van der Waals surface area contributed by atoms with E-state index in [-0.39, 0.29) is 5.56 Å². The smallest absolute Gasteiger partial charge is 0.337 e. The summed E-state index contributed by atoms with van der Waals surface area (Å²) in [5, 5.41) is 8.91. The largest absolute Gasteiger partial charge is 0.478 e.